The zero-order valence-corrected chi connectivity index (χ0v) is 16.7. The van der Waals surface area contributed by atoms with Gasteiger partial charge in [0.1, 0.15) is 18.8 Å². The Morgan fingerprint density at radius 3 is 2.50 bits per heavy atom. The van der Waals surface area contributed by atoms with Crippen molar-refractivity contribution in [3.63, 3.8) is 0 Å². The minimum absolute atomic E-state index is 0.0249. The molecule has 9 nitrogen and oxygen atoms in total. The van der Waals surface area contributed by atoms with Gasteiger partial charge in [-0.2, -0.15) is 0 Å². The number of anilines is 1. The highest BCUT2D eigenvalue weighted by molar-refractivity contribution is 5.71. The Hall–Kier alpha value is -3.40. The average Bonchev–Trinajstić information content (AvgIpc) is 3.20. The van der Waals surface area contributed by atoms with E-state index in [2.05, 4.69) is 20.3 Å². The molecular formula is C20H23FN6O3. The topological polar surface area (TPSA) is 118 Å². The van der Waals surface area contributed by atoms with Crippen LogP contribution in [0.25, 0.3) is 11.1 Å². The molecule has 3 aromatic rings. The second-order valence-electron chi connectivity index (χ2n) is 6.50. The van der Waals surface area contributed by atoms with Gasteiger partial charge in [0.15, 0.2) is 0 Å². The molecule has 10 heteroatoms. The van der Waals surface area contributed by atoms with Crippen molar-refractivity contribution in [3.05, 3.63) is 54.1 Å². The molecule has 0 saturated carbocycles. The summed E-state index contributed by atoms with van der Waals surface area (Å²) in [5.41, 5.74) is 8.39. The van der Waals surface area contributed by atoms with E-state index < -0.39 is 24.8 Å². The maximum absolute atomic E-state index is 14.0. The Morgan fingerprint density at radius 2 is 1.90 bits per heavy atom. The van der Waals surface area contributed by atoms with Crippen LogP contribution in [0.3, 0.4) is 0 Å². The number of nitrogens with zero attached hydrogens (tertiary/aromatic N) is 5. The number of benzene rings is 1. The number of hydrogen-bond donors (Lipinski definition) is 1. The van der Waals surface area contributed by atoms with Crippen molar-refractivity contribution in [3.8, 4) is 11.1 Å². The molecule has 0 aliphatic carbocycles. The van der Waals surface area contributed by atoms with Crippen LogP contribution in [0, 0.1) is 0 Å². The molecule has 0 saturated heterocycles. The van der Waals surface area contributed by atoms with Crippen LogP contribution in [0.5, 0.6) is 0 Å². The molecule has 2 atom stereocenters. The van der Waals surface area contributed by atoms with Gasteiger partial charge in [-0.15, -0.1) is 5.10 Å². The number of nitrogen functional groups attached to an aromatic ring is 1. The minimum Gasteiger partial charge on any atom is -0.466 e. The van der Waals surface area contributed by atoms with Gasteiger partial charge < -0.3 is 15.2 Å². The standard InChI is InChI=1S/C20H23FN6O3/c1-3-30-18(28)8-16-12-27(26-25-16)17(9-21)19(29-2)14-6-4-13(5-7-14)15-10-23-20(22)24-11-15/h4-7,10-12,17,19H,3,8-9H2,1-2H3,(H2,22,23,24)/t17-,19-/m1/s1. The van der Waals surface area contributed by atoms with Crippen molar-refractivity contribution in [1.29, 1.82) is 0 Å². The molecule has 0 fully saturated rings. The van der Waals surface area contributed by atoms with E-state index >= 15 is 0 Å². The first kappa shape index (κ1) is 21.3. The van der Waals surface area contributed by atoms with Crippen molar-refractivity contribution >= 4 is 11.9 Å². The largest absolute Gasteiger partial charge is 0.466 e. The molecule has 1 aromatic carbocycles. The number of carbonyl (C=O) groups excluding carboxylic acids is 1. The van der Waals surface area contributed by atoms with Crippen LogP contribution in [0.2, 0.25) is 0 Å². The van der Waals surface area contributed by atoms with E-state index in [1.807, 2.05) is 24.3 Å². The summed E-state index contributed by atoms with van der Waals surface area (Å²) < 4.78 is 25.8. The molecule has 0 radical (unpaired) electrons. The second kappa shape index (κ2) is 9.88. The van der Waals surface area contributed by atoms with Gasteiger partial charge in [-0.25, -0.2) is 19.0 Å². The van der Waals surface area contributed by atoms with E-state index in [0.29, 0.717) is 5.69 Å². The smallest absolute Gasteiger partial charge is 0.311 e. The first-order valence-electron chi connectivity index (χ1n) is 9.38. The predicted molar refractivity (Wildman–Crippen MR) is 107 cm³/mol. The lowest BCUT2D eigenvalue weighted by atomic mass is 9.99. The molecule has 0 spiro atoms. The number of aromatic nitrogens is 5. The van der Waals surface area contributed by atoms with Crippen LogP contribution in [-0.2, 0) is 20.7 Å². The fourth-order valence-corrected chi connectivity index (χ4v) is 3.07. The molecule has 30 heavy (non-hydrogen) atoms. The maximum atomic E-state index is 14.0. The minimum atomic E-state index is -0.746. The molecule has 0 aliphatic rings. The van der Waals surface area contributed by atoms with Crippen molar-refractivity contribution in [2.45, 2.75) is 25.5 Å². The molecular weight excluding hydrogens is 391 g/mol. The third kappa shape index (κ3) is 4.95. The van der Waals surface area contributed by atoms with Crippen molar-refractivity contribution in [1.82, 2.24) is 25.0 Å². The van der Waals surface area contributed by atoms with E-state index in [0.717, 1.165) is 16.7 Å². The van der Waals surface area contributed by atoms with Gasteiger partial charge in [0.25, 0.3) is 0 Å². The molecule has 0 aliphatic heterocycles. The average molecular weight is 414 g/mol. The summed E-state index contributed by atoms with van der Waals surface area (Å²) in [6.45, 7) is 1.28. The number of nitrogens with two attached hydrogens (primary N) is 1. The molecule has 0 unspecified atom stereocenters. The van der Waals surface area contributed by atoms with Crippen molar-refractivity contribution < 1.29 is 18.7 Å². The number of alkyl halides is 1. The fourth-order valence-electron chi connectivity index (χ4n) is 3.07. The van der Waals surface area contributed by atoms with Crippen LogP contribution >= 0.6 is 0 Å². The normalized spacial score (nSPS) is 13.0. The lowest BCUT2D eigenvalue weighted by Crippen LogP contribution is -2.22. The Kier molecular flexibility index (Phi) is 7.02. The molecule has 2 N–H and O–H groups in total. The summed E-state index contributed by atoms with van der Waals surface area (Å²) in [4.78, 5) is 19.6. The summed E-state index contributed by atoms with van der Waals surface area (Å²) in [6.07, 6.45) is 4.17. The van der Waals surface area contributed by atoms with Crippen molar-refractivity contribution in [2.24, 2.45) is 0 Å². The number of hydrogen-bond acceptors (Lipinski definition) is 8. The van der Waals surface area contributed by atoms with Crippen LogP contribution in [0.15, 0.2) is 42.9 Å². The number of rotatable bonds is 9. The quantitative estimate of drug-likeness (QED) is 0.530. The second-order valence-corrected chi connectivity index (χ2v) is 6.50. The van der Waals surface area contributed by atoms with Gasteiger partial charge in [0, 0.05) is 31.3 Å². The molecule has 158 valence electrons. The lowest BCUT2D eigenvalue weighted by Gasteiger charge is -2.24. The Morgan fingerprint density at radius 1 is 1.20 bits per heavy atom. The first-order valence-corrected chi connectivity index (χ1v) is 9.38. The van der Waals surface area contributed by atoms with Crippen LogP contribution in [0.4, 0.5) is 10.3 Å². The Bertz CT molecular complexity index is 961. The third-order valence-corrected chi connectivity index (χ3v) is 4.53. The van der Waals surface area contributed by atoms with Crippen LogP contribution < -0.4 is 5.73 Å². The number of methoxy groups -OCH3 is 1. The van der Waals surface area contributed by atoms with Crippen LogP contribution in [-0.4, -0.2) is 51.3 Å². The summed E-state index contributed by atoms with van der Waals surface area (Å²) in [7, 11) is 1.51. The molecule has 2 heterocycles. The first-order chi connectivity index (χ1) is 14.5. The molecule has 0 bridgehead atoms. The number of ether oxygens (including phenoxy) is 2. The van der Waals surface area contributed by atoms with E-state index in [1.54, 1.807) is 19.3 Å². The summed E-state index contributed by atoms with van der Waals surface area (Å²) in [5, 5.41) is 7.92. The van der Waals surface area contributed by atoms with E-state index in [9.17, 15) is 9.18 Å². The van der Waals surface area contributed by atoms with Gasteiger partial charge in [0.05, 0.1) is 18.7 Å². The number of halogens is 1. The third-order valence-electron chi connectivity index (χ3n) is 4.53. The van der Waals surface area contributed by atoms with Gasteiger partial charge >= 0.3 is 5.97 Å². The molecule has 2 aromatic heterocycles. The summed E-state index contributed by atoms with van der Waals surface area (Å²) >= 11 is 0. The highest BCUT2D eigenvalue weighted by atomic mass is 19.1. The monoisotopic (exact) mass is 414 g/mol. The van der Waals surface area contributed by atoms with Gasteiger partial charge in [-0.05, 0) is 18.1 Å². The molecule has 0 amide bonds. The van der Waals surface area contributed by atoms with Gasteiger partial charge in [0.2, 0.25) is 5.95 Å². The predicted octanol–water partition coefficient (Wildman–Crippen LogP) is 2.32. The zero-order valence-electron chi connectivity index (χ0n) is 16.7. The SMILES string of the molecule is CCOC(=O)Cc1cn([C@H](CF)[C@H](OC)c2ccc(-c3cnc(N)nc3)cc2)nn1. The highest BCUT2D eigenvalue weighted by Crippen LogP contribution is 2.31. The number of carbonyl (C=O) groups is 1. The van der Waals surface area contributed by atoms with E-state index in [4.69, 9.17) is 15.2 Å². The van der Waals surface area contributed by atoms with Crippen LogP contribution in [0.1, 0.15) is 30.3 Å². The maximum Gasteiger partial charge on any atom is 0.311 e. The van der Waals surface area contributed by atoms with Gasteiger partial charge in [-0.1, -0.05) is 29.5 Å². The lowest BCUT2D eigenvalue weighted by molar-refractivity contribution is -0.142. The summed E-state index contributed by atoms with van der Waals surface area (Å²) in [6, 6.07) is 6.69. The van der Waals surface area contributed by atoms with Gasteiger partial charge in [-0.3, -0.25) is 4.79 Å². The zero-order chi connectivity index (χ0) is 21.5. The van der Waals surface area contributed by atoms with E-state index in [1.165, 1.54) is 18.0 Å². The summed E-state index contributed by atoms with van der Waals surface area (Å²) in [5.74, 6) is -0.206. The Balaban J connectivity index is 1.78. The number of esters is 1. The van der Waals surface area contributed by atoms with Crippen molar-refractivity contribution in [2.75, 3.05) is 26.1 Å². The Labute approximate surface area is 173 Å². The fraction of sp³-hybridized carbons (Fsp3) is 0.350. The molecule has 3 rings (SSSR count). The highest BCUT2D eigenvalue weighted by Gasteiger charge is 2.26. The van der Waals surface area contributed by atoms with E-state index in [-0.39, 0.29) is 19.0 Å².